The lowest BCUT2D eigenvalue weighted by molar-refractivity contribution is 0.881. The Balaban J connectivity index is 1.80. The largest absolute Gasteiger partial charge is 0.383 e. The minimum absolute atomic E-state index is 0.407. The number of nitrogen functional groups attached to an aromatic ring is 1. The minimum atomic E-state index is 0.407. The molecule has 0 bridgehead atoms. The molecule has 0 fully saturated rings. The summed E-state index contributed by atoms with van der Waals surface area (Å²) >= 11 is 0. The Labute approximate surface area is 151 Å². The van der Waals surface area contributed by atoms with E-state index in [1.807, 2.05) is 53.1 Å². The van der Waals surface area contributed by atoms with Crippen LogP contribution < -0.4 is 11.1 Å². The van der Waals surface area contributed by atoms with Crippen molar-refractivity contribution in [1.29, 1.82) is 0 Å². The summed E-state index contributed by atoms with van der Waals surface area (Å²) in [6, 6.07) is 17.8. The number of nitrogens with zero attached hydrogens (tertiary/aromatic N) is 4. The van der Waals surface area contributed by atoms with Crippen LogP contribution in [0.5, 0.6) is 0 Å². The standard InChI is InChI=1S/C20H20N6/c1-3-18-23-15-6-4-5-7-16(15)26(18)19-12-17(21)24-20(25-19)22-14-10-8-13(2)9-11-14/h4-12H,3H2,1-2H3,(H3,21,22,24,25). The van der Waals surface area contributed by atoms with Crippen molar-refractivity contribution in [3.8, 4) is 5.82 Å². The van der Waals surface area contributed by atoms with Crippen molar-refractivity contribution in [3.63, 3.8) is 0 Å². The predicted octanol–water partition coefficient (Wildman–Crippen LogP) is 4.01. The third-order valence-electron chi connectivity index (χ3n) is 4.22. The van der Waals surface area contributed by atoms with E-state index in [9.17, 15) is 0 Å². The number of rotatable bonds is 4. The molecule has 0 spiro atoms. The lowest BCUT2D eigenvalue weighted by atomic mass is 10.2. The van der Waals surface area contributed by atoms with E-state index < -0.39 is 0 Å². The summed E-state index contributed by atoms with van der Waals surface area (Å²) < 4.78 is 2.04. The van der Waals surface area contributed by atoms with Gasteiger partial charge in [-0.3, -0.25) is 4.57 Å². The fourth-order valence-electron chi connectivity index (χ4n) is 2.96. The summed E-state index contributed by atoms with van der Waals surface area (Å²) in [5, 5.41) is 3.22. The van der Waals surface area contributed by atoms with Gasteiger partial charge in [0.1, 0.15) is 17.5 Å². The number of para-hydroxylation sites is 2. The third kappa shape index (κ3) is 2.97. The molecule has 6 nitrogen and oxygen atoms in total. The second-order valence-electron chi connectivity index (χ2n) is 6.17. The zero-order chi connectivity index (χ0) is 18.1. The molecule has 0 saturated heterocycles. The van der Waals surface area contributed by atoms with Crippen LogP contribution in [-0.4, -0.2) is 19.5 Å². The van der Waals surface area contributed by atoms with Crippen LogP contribution in [0.2, 0.25) is 0 Å². The van der Waals surface area contributed by atoms with Gasteiger partial charge < -0.3 is 11.1 Å². The summed E-state index contributed by atoms with van der Waals surface area (Å²) in [4.78, 5) is 13.7. The van der Waals surface area contributed by atoms with E-state index in [1.54, 1.807) is 6.07 Å². The summed E-state index contributed by atoms with van der Waals surface area (Å²) in [6.07, 6.45) is 0.791. The first-order valence-corrected chi connectivity index (χ1v) is 8.59. The number of aryl methyl sites for hydroxylation is 2. The highest BCUT2D eigenvalue weighted by molar-refractivity contribution is 5.78. The molecule has 2 aromatic carbocycles. The Bertz CT molecular complexity index is 1070. The van der Waals surface area contributed by atoms with Crippen LogP contribution in [0.4, 0.5) is 17.5 Å². The highest BCUT2D eigenvalue weighted by Crippen LogP contribution is 2.23. The van der Waals surface area contributed by atoms with Gasteiger partial charge in [-0.15, -0.1) is 0 Å². The first-order chi connectivity index (χ1) is 12.6. The number of aromatic nitrogens is 4. The van der Waals surface area contributed by atoms with Crippen LogP contribution in [0.3, 0.4) is 0 Å². The Morgan fingerprint density at radius 1 is 1.00 bits per heavy atom. The third-order valence-corrected chi connectivity index (χ3v) is 4.22. The number of fused-ring (bicyclic) bond motifs is 1. The van der Waals surface area contributed by atoms with Crippen LogP contribution in [0.15, 0.2) is 54.6 Å². The van der Waals surface area contributed by atoms with E-state index in [2.05, 4.69) is 29.1 Å². The number of anilines is 3. The van der Waals surface area contributed by atoms with Gasteiger partial charge >= 0.3 is 0 Å². The second-order valence-corrected chi connectivity index (χ2v) is 6.17. The molecule has 0 aliphatic rings. The van der Waals surface area contributed by atoms with Gasteiger partial charge in [-0.2, -0.15) is 9.97 Å². The number of hydrogen-bond acceptors (Lipinski definition) is 5. The Hall–Kier alpha value is -3.41. The van der Waals surface area contributed by atoms with Crippen LogP contribution in [0.1, 0.15) is 18.3 Å². The molecule has 0 aliphatic heterocycles. The molecule has 2 aromatic heterocycles. The second kappa shape index (κ2) is 6.48. The minimum Gasteiger partial charge on any atom is -0.383 e. The molecule has 4 rings (SSSR count). The van der Waals surface area contributed by atoms with Gasteiger partial charge in [-0.25, -0.2) is 4.98 Å². The van der Waals surface area contributed by atoms with Gasteiger partial charge in [0, 0.05) is 18.2 Å². The fraction of sp³-hybridized carbons (Fsp3) is 0.150. The number of benzene rings is 2. The topological polar surface area (TPSA) is 81.7 Å². The molecule has 26 heavy (non-hydrogen) atoms. The zero-order valence-corrected chi connectivity index (χ0v) is 14.8. The SMILES string of the molecule is CCc1nc2ccccc2n1-c1cc(N)nc(Nc2ccc(C)cc2)n1. The van der Waals surface area contributed by atoms with Crippen LogP contribution in [-0.2, 0) is 6.42 Å². The fourth-order valence-corrected chi connectivity index (χ4v) is 2.96. The lowest BCUT2D eigenvalue weighted by Crippen LogP contribution is -2.08. The van der Waals surface area contributed by atoms with Crippen molar-refractivity contribution in [2.75, 3.05) is 11.1 Å². The average molecular weight is 344 g/mol. The molecule has 3 N–H and O–H groups in total. The highest BCUT2D eigenvalue weighted by atomic mass is 15.2. The first-order valence-electron chi connectivity index (χ1n) is 8.59. The Morgan fingerprint density at radius 2 is 1.77 bits per heavy atom. The molecule has 0 unspecified atom stereocenters. The quantitative estimate of drug-likeness (QED) is 0.584. The Kier molecular flexibility index (Phi) is 4.01. The average Bonchev–Trinajstić information content (AvgIpc) is 3.02. The molecule has 6 heteroatoms. The molecular formula is C20H20N6. The molecule has 2 heterocycles. The molecule has 0 saturated carbocycles. The van der Waals surface area contributed by atoms with E-state index in [0.717, 1.165) is 29.0 Å². The van der Waals surface area contributed by atoms with E-state index >= 15 is 0 Å². The maximum absolute atomic E-state index is 6.05. The molecule has 0 aliphatic carbocycles. The van der Waals surface area contributed by atoms with Crippen LogP contribution >= 0.6 is 0 Å². The van der Waals surface area contributed by atoms with E-state index in [1.165, 1.54) is 5.56 Å². The summed E-state index contributed by atoms with van der Waals surface area (Å²) in [7, 11) is 0. The van der Waals surface area contributed by atoms with Crippen molar-refractivity contribution >= 4 is 28.5 Å². The summed E-state index contributed by atoms with van der Waals surface area (Å²) in [5.74, 6) is 2.51. The van der Waals surface area contributed by atoms with Crippen LogP contribution in [0, 0.1) is 6.92 Å². The van der Waals surface area contributed by atoms with Crippen molar-refractivity contribution < 1.29 is 0 Å². The van der Waals surface area contributed by atoms with Gasteiger partial charge in [-0.05, 0) is 31.2 Å². The molecular weight excluding hydrogens is 324 g/mol. The van der Waals surface area contributed by atoms with Crippen molar-refractivity contribution in [1.82, 2.24) is 19.5 Å². The maximum Gasteiger partial charge on any atom is 0.231 e. The molecule has 0 radical (unpaired) electrons. The van der Waals surface area contributed by atoms with Gasteiger partial charge in [0.25, 0.3) is 0 Å². The molecule has 0 atom stereocenters. The summed E-state index contributed by atoms with van der Waals surface area (Å²) in [5.41, 5.74) is 10.1. The van der Waals surface area contributed by atoms with Crippen molar-refractivity contribution in [2.45, 2.75) is 20.3 Å². The van der Waals surface area contributed by atoms with Crippen molar-refractivity contribution in [3.05, 3.63) is 66.0 Å². The molecule has 4 aromatic rings. The van der Waals surface area contributed by atoms with Gasteiger partial charge in [0.15, 0.2) is 0 Å². The van der Waals surface area contributed by atoms with Gasteiger partial charge in [0.2, 0.25) is 5.95 Å². The highest BCUT2D eigenvalue weighted by Gasteiger charge is 2.13. The number of nitrogens with two attached hydrogens (primary N) is 1. The van der Waals surface area contributed by atoms with Gasteiger partial charge in [0.05, 0.1) is 11.0 Å². The number of nitrogens with one attached hydrogen (secondary N) is 1. The van der Waals surface area contributed by atoms with E-state index in [0.29, 0.717) is 17.6 Å². The van der Waals surface area contributed by atoms with Crippen molar-refractivity contribution in [2.24, 2.45) is 0 Å². The van der Waals surface area contributed by atoms with Gasteiger partial charge in [-0.1, -0.05) is 36.8 Å². The number of imidazole rings is 1. The first kappa shape index (κ1) is 16.1. The molecule has 130 valence electrons. The lowest BCUT2D eigenvalue weighted by Gasteiger charge is -2.11. The predicted molar refractivity (Wildman–Crippen MR) is 105 cm³/mol. The normalized spacial score (nSPS) is 11.0. The van der Waals surface area contributed by atoms with Crippen LogP contribution in [0.25, 0.3) is 16.9 Å². The molecule has 0 amide bonds. The Morgan fingerprint density at radius 3 is 2.54 bits per heavy atom. The smallest absolute Gasteiger partial charge is 0.231 e. The number of hydrogen-bond donors (Lipinski definition) is 2. The zero-order valence-electron chi connectivity index (χ0n) is 14.8. The monoisotopic (exact) mass is 344 g/mol. The van der Waals surface area contributed by atoms with E-state index in [4.69, 9.17) is 10.7 Å². The maximum atomic E-state index is 6.05. The van der Waals surface area contributed by atoms with E-state index in [-0.39, 0.29) is 0 Å². The summed E-state index contributed by atoms with van der Waals surface area (Å²) in [6.45, 7) is 4.13.